The van der Waals surface area contributed by atoms with Crippen LogP contribution in [0.1, 0.15) is 23.2 Å². The molecular weight excluding hydrogens is 338 g/mol. The molecule has 0 bridgehead atoms. The average Bonchev–Trinajstić information content (AvgIpc) is 3.30. The van der Waals surface area contributed by atoms with Gasteiger partial charge in [0.1, 0.15) is 11.6 Å². The zero-order chi connectivity index (χ0) is 17.3. The summed E-state index contributed by atoms with van der Waals surface area (Å²) in [5, 5.41) is 2.41. The second kappa shape index (κ2) is 6.29. The summed E-state index contributed by atoms with van der Waals surface area (Å²) < 4.78 is 53.3. The van der Waals surface area contributed by atoms with Gasteiger partial charge in [0.25, 0.3) is 5.91 Å². The monoisotopic (exact) mass is 352 g/mol. The molecule has 1 fully saturated rings. The highest BCUT2D eigenvalue weighted by atomic mass is 32.2. The zero-order valence-corrected chi connectivity index (χ0v) is 13.2. The van der Waals surface area contributed by atoms with E-state index in [4.69, 9.17) is 0 Å². The van der Waals surface area contributed by atoms with Crippen LogP contribution in [0.15, 0.2) is 47.4 Å². The van der Waals surface area contributed by atoms with E-state index < -0.39 is 27.6 Å². The minimum Gasteiger partial charge on any atom is -0.322 e. The molecule has 0 heterocycles. The van der Waals surface area contributed by atoms with Crippen molar-refractivity contribution in [2.24, 2.45) is 0 Å². The van der Waals surface area contributed by atoms with Crippen molar-refractivity contribution < 1.29 is 22.0 Å². The van der Waals surface area contributed by atoms with Gasteiger partial charge in [-0.3, -0.25) is 4.79 Å². The van der Waals surface area contributed by atoms with Gasteiger partial charge in [0.05, 0.1) is 10.5 Å². The van der Waals surface area contributed by atoms with E-state index in [0.717, 1.165) is 25.0 Å². The fourth-order valence-corrected chi connectivity index (χ4v) is 3.45. The summed E-state index contributed by atoms with van der Waals surface area (Å²) in [6, 6.07) is 8.20. The van der Waals surface area contributed by atoms with E-state index in [9.17, 15) is 22.0 Å². The van der Waals surface area contributed by atoms with Gasteiger partial charge in [0.2, 0.25) is 10.0 Å². The highest BCUT2D eigenvalue weighted by Gasteiger charge is 2.28. The third-order valence-corrected chi connectivity index (χ3v) is 5.00. The summed E-state index contributed by atoms with van der Waals surface area (Å²) in [5.41, 5.74) is -0.136. The molecule has 2 aromatic rings. The molecule has 1 aliphatic rings. The van der Waals surface area contributed by atoms with Crippen LogP contribution in [0.25, 0.3) is 0 Å². The van der Waals surface area contributed by atoms with Crippen molar-refractivity contribution in [3.05, 3.63) is 59.7 Å². The number of rotatable bonds is 5. The highest BCUT2D eigenvalue weighted by Crippen LogP contribution is 2.23. The standard InChI is InChI=1S/C16H14F2N2O3S/c17-10-4-7-14(15(18)8-10)16(21)19-12-2-1-3-13(9-12)24(22,23)20-11-5-6-11/h1-4,7-9,11,20H,5-6H2,(H,19,21). The van der Waals surface area contributed by atoms with Crippen LogP contribution in [0, 0.1) is 11.6 Å². The molecule has 126 valence electrons. The number of nitrogens with one attached hydrogen (secondary N) is 2. The Kier molecular flexibility index (Phi) is 4.33. The third kappa shape index (κ3) is 3.77. The summed E-state index contributed by atoms with van der Waals surface area (Å²) in [4.78, 5) is 12.1. The minimum absolute atomic E-state index is 0.00628. The molecule has 0 radical (unpaired) electrons. The molecular formula is C16H14F2N2O3S. The molecule has 0 spiro atoms. The predicted octanol–water partition coefficient (Wildman–Crippen LogP) is 2.66. The first-order valence-electron chi connectivity index (χ1n) is 7.24. The number of benzene rings is 2. The van der Waals surface area contributed by atoms with Crippen molar-refractivity contribution >= 4 is 21.6 Å². The van der Waals surface area contributed by atoms with Crippen LogP contribution in [0.2, 0.25) is 0 Å². The van der Waals surface area contributed by atoms with Gasteiger partial charge in [-0.05, 0) is 43.2 Å². The van der Waals surface area contributed by atoms with E-state index in [0.29, 0.717) is 6.07 Å². The summed E-state index contributed by atoms with van der Waals surface area (Å²) in [6.07, 6.45) is 1.61. The van der Waals surface area contributed by atoms with Gasteiger partial charge in [-0.2, -0.15) is 0 Å². The highest BCUT2D eigenvalue weighted by molar-refractivity contribution is 7.89. The molecule has 0 saturated heterocycles. The molecule has 0 aromatic heterocycles. The van der Waals surface area contributed by atoms with Gasteiger partial charge in [-0.1, -0.05) is 6.07 Å². The number of hydrogen-bond acceptors (Lipinski definition) is 3. The largest absolute Gasteiger partial charge is 0.322 e. The molecule has 0 atom stereocenters. The lowest BCUT2D eigenvalue weighted by molar-refractivity contribution is 0.102. The normalized spacial score (nSPS) is 14.4. The summed E-state index contributed by atoms with van der Waals surface area (Å²) in [5.74, 6) is -2.58. The van der Waals surface area contributed by atoms with Gasteiger partial charge in [-0.15, -0.1) is 0 Å². The van der Waals surface area contributed by atoms with Crippen molar-refractivity contribution in [3.8, 4) is 0 Å². The Morgan fingerprint density at radius 1 is 1.08 bits per heavy atom. The Hall–Kier alpha value is -2.32. The SMILES string of the molecule is O=C(Nc1cccc(S(=O)(=O)NC2CC2)c1)c1ccc(F)cc1F. The number of amides is 1. The third-order valence-electron chi connectivity index (χ3n) is 3.48. The van der Waals surface area contributed by atoms with Crippen molar-refractivity contribution in [2.75, 3.05) is 5.32 Å². The lowest BCUT2D eigenvalue weighted by Gasteiger charge is -2.09. The van der Waals surface area contributed by atoms with Crippen LogP contribution < -0.4 is 10.0 Å². The predicted molar refractivity (Wildman–Crippen MR) is 84.1 cm³/mol. The van der Waals surface area contributed by atoms with E-state index >= 15 is 0 Å². The van der Waals surface area contributed by atoms with Gasteiger partial charge >= 0.3 is 0 Å². The number of anilines is 1. The van der Waals surface area contributed by atoms with E-state index in [1.54, 1.807) is 0 Å². The number of carbonyl (C=O) groups is 1. The van der Waals surface area contributed by atoms with Crippen LogP contribution in [0.5, 0.6) is 0 Å². The van der Waals surface area contributed by atoms with E-state index in [-0.39, 0.29) is 22.2 Å². The van der Waals surface area contributed by atoms with Gasteiger partial charge < -0.3 is 5.32 Å². The Morgan fingerprint density at radius 2 is 1.83 bits per heavy atom. The zero-order valence-electron chi connectivity index (χ0n) is 12.4. The van der Waals surface area contributed by atoms with Crippen molar-refractivity contribution in [1.29, 1.82) is 0 Å². The Morgan fingerprint density at radius 3 is 2.50 bits per heavy atom. The van der Waals surface area contributed by atoms with Crippen LogP contribution >= 0.6 is 0 Å². The van der Waals surface area contributed by atoms with E-state index in [1.807, 2.05) is 0 Å². The molecule has 0 aliphatic heterocycles. The lowest BCUT2D eigenvalue weighted by Crippen LogP contribution is -2.25. The first-order chi connectivity index (χ1) is 11.3. The Balaban J connectivity index is 1.80. The molecule has 1 aliphatic carbocycles. The molecule has 2 aromatic carbocycles. The number of hydrogen-bond donors (Lipinski definition) is 2. The quantitative estimate of drug-likeness (QED) is 0.869. The molecule has 24 heavy (non-hydrogen) atoms. The first-order valence-corrected chi connectivity index (χ1v) is 8.72. The molecule has 3 rings (SSSR count). The van der Waals surface area contributed by atoms with Crippen LogP contribution in [0.3, 0.4) is 0 Å². The number of carbonyl (C=O) groups excluding carboxylic acids is 1. The minimum atomic E-state index is -3.66. The van der Waals surface area contributed by atoms with Gasteiger partial charge in [-0.25, -0.2) is 21.9 Å². The summed E-state index contributed by atoms with van der Waals surface area (Å²) in [7, 11) is -3.66. The van der Waals surface area contributed by atoms with Crippen molar-refractivity contribution in [3.63, 3.8) is 0 Å². The smallest absolute Gasteiger partial charge is 0.258 e. The molecule has 8 heteroatoms. The summed E-state index contributed by atoms with van der Waals surface area (Å²) in [6.45, 7) is 0. The van der Waals surface area contributed by atoms with Crippen LogP contribution in [-0.2, 0) is 10.0 Å². The van der Waals surface area contributed by atoms with Crippen molar-refractivity contribution in [2.45, 2.75) is 23.8 Å². The van der Waals surface area contributed by atoms with Gasteiger partial charge in [0, 0.05) is 17.8 Å². The van der Waals surface area contributed by atoms with Crippen LogP contribution in [-0.4, -0.2) is 20.4 Å². The average molecular weight is 352 g/mol. The Labute approximate surface area is 137 Å². The first kappa shape index (κ1) is 16.5. The van der Waals surface area contributed by atoms with E-state index in [1.165, 1.54) is 24.3 Å². The fraction of sp³-hybridized carbons (Fsp3) is 0.188. The molecule has 2 N–H and O–H groups in total. The number of sulfonamides is 1. The maximum atomic E-state index is 13.6. The van der Waals surface area contributed by atoms with Gasteiger partial charge in [0.15, 0.2) is 0 Å². The topological polar surface area (TPSA) is 75.3 Å². The van der Waals surface area contributed by atoms with E-state index in [2.05, 4.69) is 10.0 Å². The van der Waals surface area contributed by atoms with Crippen LogP contribution in [0.4, 0.5) is 14.5 Å². The second-order valence-electron chi connectivity index (χ2n) is 5.50. The molecule has 1 saturated carbocycles. The maximum Gasteiger partial charge on any atom is 0.258 e. The maximum absolute atomic E-state index is 13.6. The lowest BCUT2D eigenvalue weighted by atomic mass is 10.2. The second-order valence-corrected chi connectivity index (χ2v) is 7.22. The van der Waals surface area contributed by atoms with Crippen molar-refractivity contribution in [1.82, 2.24) is 4.72 Å². The number of halogens is 2. The Bertz CT molecular complexity index is 896. The molecule has 1 amide bonds. The summed E-state index contributed by atoms with van der Waals surface area (Å²) >= 11 is 0. The molecule has 0 unspecified atom stereocenters. The fourth-order valence-electron chi connectivity index (χ4n) is 2.10. The molecule has 5 nitrogen and oxygen atoms in total.